The van der Waals surface area contributed by atoms with Crippen molar-refractivity contribution in [2.45, 2.75) is 26.8 Å². The number of nitrogens with zero attached hydrogens (tertiary/aromatic N) is 5. The lowest BCUT2D eigenvalue weighted by Gasteiger charge is -2.09. The molecule has 0 amide bonds. The van der Waals surface area contributed by atoms with Gasteiger partial charge in [-0.2, -0.15) is 10.2 Å². The molecule has 0 aliphatic heterocycles. The average molecular weight is 328 g/mol. The third-order valence-electron chi connectivity index (χ3n) is 3.74. The lowest BCUT2D eigenvalue weighted by atomic mass is 10.2. The number of aromatic nitrogens is 6. The molecule has 0 aliphatic rings. The minimum Gasteiger partial charge on any atom is -0.494 e. The summed E-state index contributed by atoms with van der Waals surface area (Å²) in [5.41, 5.74) is 3.44. The third kappa shape index (κ3) is 3.00. The number of aryl methyl sites for hydroxylation is 3. The maximum atomic E-state index is 9.16. The number of rotatable bonds is 6. The van der Waals surface area contributed by atoms with Gasteiger partial charge in [0.25, 0.3) is 0 Å². The van der Waals surface area contributed by atoms with E-state index >= 15 is 0 Å². The fourth-order valence-corrected chi connectivity index (χ4v) is 2.49. The number of hydrogen-bond acceptors (Lipinski definition) is 6. The van der Waals surface area contributed by atoms with Crippen molar-refractivity contribution in [3.05, 3.63) is 29.8 Å². The van der Waals surface area contributed by atoms with Crippen molar-refractivity contribution in [2.24, 2.45) is 0 Å². The molecule has 3 rings (SSSR count). The number of aliphatic hydroxyl groups excluding tert-OH is 1. The Hall–Kier alpha value is -2.74. The molecule has 3 aromatic rings. The second-order valence-corrected chi connectivity index (χ2v) is 5.49. The minimum absolute atomic E-state index is 0.0892. The number of aromatic amines is 1. The van der Waals surface area contributed by atoms with E-state index in [0.717, 1.165) is 22.5 Å². The molecule has 0 aromatic carbocycles. The first-order chi connectivity index (χ1) is 11.6. The first-order valence-electron chi connectivity index (χ1n) is 7.71. The van der Waals surface area contributed by atoms with Gasteiger partial charge in [0.05, 0.1) is 30.6 Å². The predicted octanol–water partition coefficient (Wildman–Crippen LogP) is 1.74. The van der Waals surface area contributed by atoms with Crippen LogP contribution in [0.15, 0.2) is 18.5 Å². The Morgan fingerprint density at radius 3 is 2.75 bits per heavy atom. The molecule has 0 radical (unpaired) electrons. The van der Waals surface area contributed by atoms with E-state index in [9.17, 15) is 0 Å². The first-order valence-corrected chi connectivity index (χ1v) is 7.71. The van der Waals surface area contributed by atoms with Crippen LogP contribution in [0.1, 0.15) is 17.8 Å². The maximum Gasteiger partial charge on any atom is 0.185 e. The molecule has 8 nitrogen and oxygen atoms in total. The van der Waals surface area contributed by atoms with Gasteiger partial charge in [0.1, 0.15) is 5.75 Å². The van der Waals surface area contributed by atoms with Crippen LogP contribution in [0.25, 0.3) is 22.8 Å². The van der Waals surface area contributed by atoms with Gasteiger partial charge >= 0.3 is 0 Å². The van der Waals surface area contributed by atoms with Gasteiger partial charge in [-0.25, -0.2) is 9.67 Å². The molecule has 0 aliphatic carbocycles. The van der Waals surface area contributed by atoms with Gasteiger partial charge in [0, 0.05) is 24.5 Å². The van der Waals surface area contributed by atoms with Gasteiger partial charge in [0.15, 0.2) is 11.6 Å². The molecule has 126 valence electrons. The van der Waals surface area contributed by atoms with Crippen LogP contribution in [0.5, 0.6) is 5.75 Å². The molecule has 3 heterocycles. The highest BCUT2D eigenvalue weighted by atomic mass is 16.5. The number of aliphatic hydroxyl groups is 1. The van der Waals surface area contributed by atoms with Crippen LogP contribution in [0.4, 0.5) is 0 Å². The Morgan fingerprint density at radius 1 is 1.25 bits per heavy atom. The monoisotopic (exact) mass is 328 g/mol. The Balaban J connectivity index is 2.14. The van der Waals surface area contributed by atoms with E-state index in [1.807, 2.05) is 19.9 Å². The molecule has 24 heavy (non-hydrogen) atoms. The van der Waals surface area contributed by atoms with Crippen molar-refractivity contribution in [1.29, 1.82) is 0 Å². The van der Waals surface area contributed by atoms with Gasteiger partial charge in [-0.1, -0.05) is 0 Å². The van der Waals surface area contributed by atoms with Crippen molar-refractivity contribution in [3.8, 4) is 28.5 Å². The number of methoxy groups -OCH3 is 1. The standard InChI is InChI=1S/C16H20N6O2/c1-10-7-12(14(24-3)9-17-10)16-19-15(13-8-18-20-11(13)2)21-22(16)5-4-6-23/h7-9,23H,4-6H2,1-3H3,(H,18,20). The van der Waals surface area contributed by atoms with E-state index in [0.29, 0.717) is 30.4 Å². The molecule has 3 aromatic heterocycles. The zero-order chi connectivity index (χ0) is 17.1. The lowest BCUT2D eigenvalue weighted by molar-refractivity contribution is 0.277. The number of hydrogen-bond donors (Lipinski definition) is 2. The van der Waals surface area contributed by atoms with Crippen LogP contribution in [0.3, 0.4) is 0 Å². The van der Waals surface area contributed by atoms with Crippen LogP contribution in [0.2, 0.25) is 0 Å². The van der Waals surface area contributed by atoms with E-state index in [4.69, 9.17) is 9.84 Å². The molecular weight excluding hydrogens is 308 g/mol. The highest BCUT2D eigenvalue weighted by molar-refractivity contribution is 5.67. The first kappa shape index (κ1) is 16.1. The molecule has 8 heteroatoms. The molecule has 0 fully saturated rings. The van der Waals surface area contributed by atoms with Gasteiger partial charge < -0.3 is 9.84 Å². The van der Waals surface area contributed by atoms with E-state index in [-0.39, 0.29) is 6.61 Å². The number of nitrogens with one attached hydrogen (secondary N) is 1. The van der Waals surface area contributed by atoms with E-state index < -0.39 is 0 Å². The van der Waals surface area contributed by atoms with Crippen molar-refractivity contribution >= 4 is 0 Å². The summed E-state index contributed by atoms with van der Waals surface area (Å²) in [6.07, 6.45) is 3.98. The summed E-state index contributed by atoms with van der Waals surface area (Å²) in [6.45, 7) is 4.48. The lowest BCUT2D eigenvalue weighted by Crippen LogP contribution is -2.05. The molecule has 0 atom stereocenters. The van der Waals surface area contributed by atoms with Crippen LogP contribution in [-0.4, -0.2) is 48.8 Å². The van der Waals surface area contributed by atoms with Crippen molar-refractivity contribution in [1.82, 2.24) is 29.9 Å². The summed E-state index contributed by atoms with van der Waals surface area (Å²) in [4.78, 5) is 8.95. The van der Waals surface area contributed by atoms with E-state index in [2.05, 4.69) is 25.3 Å². The highest BCUT2D eigenvalue weighted by Crippen LogP contribution is 2.30. The maximum absolute atomic E-state index is 9.16. The quantitative estimate of drug-likeness (QED) is 0.714. The second-order valence-electron chi connectivity index (χ2n) is 5.49. The van der Waals surface area contributed by atoms with Gasteiger partial charge in [-0.05, 0) is 26.3 Å². The summed E-state index contributed by atoms with van der Waals surface area (Å²) in [6, 6.07) is 1.92. The molecule has 0 saturated heterocycles. The Kier molecular flexibility index (Phi) is 4.57. The molecule has 0 saturated carbocycles. The Morgan fingerprint density at radius 2 is 2.08 bits per heavy atom. The fraction of sp³-hybridized carbons (Fsp3) is 0.375. The average Bonchev–Trinajstić information content (AvgIpc) is 3.18. The topological polar surface area (TPSA) is 102 Å². The second kappa shape index (κ2) is 6.79. The van der Waals surface area contributed by atoms with Gasteiger partial charge in [0.2, 0.25) is 0 Å². The van der Waals surface area contributed by atoms with Crippen LogP contribution in [0, 0.1) is 13.8 Å². The number of pyridine rings is 1. The molecule has 0 spiro atoms. The Labute approximate surface area is 139 Å². The zero-order valence-corrected chi connectivity index (χ0v) is 13.9. The van der Waals surface area contributed by atoms with Crippen molar-refractivity contribution in [2.75, 3.05) is 13.7 Å². The van der Waals surface area contributed by atoms with Gasteiger partial charge in [-0.15, -0.1) is 0 Å². The number of H-pyrrole nitrogens is 1. The SMILES string of the molecule is COc1cnc(C)cc1-c1nc(-c2cn[nH]c2C)nn1CCCO. The fourth-order valence-electron chi connectivity index (χ4n) is 2.49. The minimum atomic E-state index is 0.0892. The summed E-state index contributed by atoms with van der Waals surface area (Å²) in [5, 5.41) is 20.7. The van der Waals surface area contributed by atoms with E-state index in [1.54, 1.807) is 24.2 Å². The van der Waals surface area contributed by atoms with Crippen LogP contribution < -0.4 is 4.74 Å². The molecule has 0 unspecified atom stereocenters. The third-order valence-corrected chi connectivity index (χ3v) is 3.74. The van der Waals surface area contributed by atoms with Crippen molar-refractivity contribution in [3.63, 3.8) is 0 Å². The summed E-state index contributed by atoms with van der Waals surface area (Å²) >= 11 is 0. The van der Waals surface area contributed by atoms with Crippen LogP contribution in [-0.2, 0) is 6.54 Å². The summed E-state index contributed by atoms with van der Waals surface area (Å²) < 4.78 is 7.21. The summed E-state index contributed by atoms with van der Waals surface area (Å²) in [7, 11) is 1.60. The normalized spacial score (nSPS) is 11.0. The predicted molar refractivity (Wildman–Crippen MR) is 88.6 cm³/mol. The molecule has 0 bridgehead atoms. The highest BCUT2D eigenvalue weighted by Gasteiger charge is 2.19. The number of ether oxygens (including phenoxy) is 1. The zero-order valence-electron chi connectivity index (χ0n) is 13.9. The van der Waals surface area contributed by atoms with Crippen LogP contribution >= 0.6 is 0 Å². The largest absolute Gasteiger partial charge is 0.494 e. The van der Waals surface area contributed by atoms with E-state index in [1.165, 1.54) is 0 Å². The van der Waals surface area contributed by atoms with Gasteiger partial charge in [-0.3, -0.25) is 10.1 Å². The van der Waals surface area contributed by atoms with Crippen molar-refractivity contribution < 1.29 is 9.84 Å². The Bertz CT molecular complexity index is 839. The summed E-state index contributed by atoms with van der Waals surface area (Å²) in [5.74, 6) is 1.90. The smallest absolute Gasteiger partial charge is 0.185 e. The molecule has 2 N–H and O–H groups in total. The molecular formula is C16H20N6O2.